The van der Waals surface area contributed by atoms with Gasteiger partial charge in [-0.2, -0.15) is 0 Å². The van der Waals surface area contributed by atoms with Crippen LogP contribution < -0.4 is 10.6 Å². The van der Waals surface area contributed by atoms with Gasteiger partial charge in [0.1, 0.15) is 17.5 Å². The van der Waals surface area contributed by atoms with Gasteiger partial charge in [-0.3, -0.25) is 0 Å². The number of rotatable bonds is 7. The molecule has 0 radical (unpaired) electrons. The van der Waals surface area contributed by atoms with Gasteiger partial charge in [0.15, 0.2) is 0 Å². The van der Waals surface area contributed by atoms with E-state index >= 15 is 0 Å². The highest BCUT2D eigenvalue weighted by molar-refractivity contribution is 5.56. The first-order chi connectivity index (χ1) is 9.17. The Hall–Kier alpha value is -1.36. The van der Waals surface area contributed by atoms with E-state index in [1.165, 1.54) is 12.8 Å². The van der Waals surface area contributed by atoms with Crippen molar-refractivity contribution in [2.24, 2.45) is 0 Å². The van der Waals surface area contributed by atoms with Crippen molar-refractivity contribution in [3.8, 4) is 0 Å². The molecule has 5 heteroatoms. The molecule has 0 aliphatic heterocycles. The monoisotopic (exact) mass is 264 g/mol. The fraction of sp³-hybridized carbons (Fsp3) is 0.714. The summed E-state index contributed by atoms with van der Waals surface area (Å²) in [6.07, 6.45) is 2.38. The Kier molecular flexibility index (Phi) is 4.58. The average molecular weight is 264 g/mol. The molecule has 1 saturated carbocycles. The number of hydrogen-bond donors (Lipinski definition) is 1. The number of likely N-dealkylation sites (N-methyl/N-ethyl adjacent to an activating group) is 1. The molecule has 2 rings (SSSR count). The summed E-state index contributed by atoms with van der Waals surface area (Å²) in [7, 11) is 0. The molecule has 1 heterocycles. The molecule has 1 aliphatic carbocycles. The molecular weight excluding hydrogens is 240 g/mol. The maximum Gasteiger partial charge on any atom is 0.137 e. The predicted molar refractivity (Wildman–Crippen MR) is 77.5 cm³/mol. The number of hydrogen-bond acceptors (Lipinski definition) is 5. The highest BCUT2D eigenvalue weighted by atomic mass is 16.5. The van der Waals surface area contributed by atoms with Crippen LogP contribution in [-0.2, 0) is 4.74 Å². The Morgan fingerprint density at radius 2 is 2.05 bits per heavy atom. The van der Waals surface area contributed by atoms with Gasteiger partial charge in [0.2, 0.25) is 0 Å². The van der Waals surface area contributed by atoms with Gasteiger partial charge in [-0.05, 0) is 33.6 Å². The standard InChI is InChI=1S/C14H24N4O/c1-4-18(8-9-19-5-2)14-10(3)12(15)16-13(17-14)11-6-7-11/h11H,4-9H2,1-3H3,(H2,15,16,17). The van der Waals surface area contributed by atoms with Crippen LogP contribution in [-0.4, -0.2) is 36.3 Å². The average Bonchev–Trinajstić information content (AvgIpc) is 3.23. The lowest BCUT2D eigenvalue weighted by Gasteiger charge is -2.24. The highest BCUT2D eigenvalue weighted by Crippen LogP contribution is 2.39. The van der Waals surface area contributed by atoms with Crippen LogP contribution in [0.5, 0.6) is 0 Å². The van der Waals surface area contributed by atoms with Crippen LogP contribution in [0.15, 0.2) is 0 Å². The highest BCUT2D eigenvalue weighted by Gasteiger charge is 2.28. The summed E-state index contributed by atoms with van der Waals surface area (Å²) < 4.78 is 5.43. The smallest absolute Gasteiger partial charge is 0.137 e. The minimum Gasteiger partial charge on any atom is -0.383 e. The Bertz CT molecular complexity index is 432. The fourth-order valence-corrected chi connectivity index (χ4v) is 2.10. The molecule has 0 saturated heterocycles. The van der Waals surface area contributed by atoms with Crippen LogP contribution in [0, 0.1) is 6.92 Å². The first-order valence-electron chi connectivity index (χ1n) is 7.14. The summed E-state index contributed by atoms with van der Waals surface area (Å²) >= 11 is 0. The first-order valence-corrected chi connectivity index (χ1v) is 7.14. The second-order valence-corrected chi connectivity index (χ2v) is 4.97. The lowest BCUT2D eigenvalue weighted by atomic mass is 10.2. The molecule has 1 aliphatic rings. The van der Waals surface area contributed by atoms with Crippen LogP contribution in [0.2, 0.25) is 0 Å². The van der Waals surface area contributed by atoms with E-state index in [2.05, 4.69) is 16.8 Å². The summed E-state index contributed by atoms with van der Waals surface area (Å²) in [5, 5.41) is 0. The molecule has 0 spiro atoms. The molecule has 0 aromatic carbocycles. The van der Waals surface area contributed by atoms with Crippen molar-refractivity contribution >= 4 is 11.6 Å². The maximum absolute atomic E-state index is 6.03. The van der Waals surface area contributed by atoms with Crippen LogP contribution >= 0.6 is 0 Å². The number of aromatic nitrogens is 2. The minimum absolute atomic E-state index is 0.521. The van der Waals surface area contributed by atoms with E-state index in [1.54, 1.807) is 0 Å². The summed E-state index contributed by atoms with van der Waals surface area (Å²) in [5.41, 5.74) is 7.00. The van der Waals surface area contributed by atoms with Gasteiger partial charge in [0.25, 0.3) is 0 Å². The van der Waals surface area contributed by atoms with Crippen molar-refractivity contribution in [1.82, 2.24) is 9.97 Å². The third-order valence-electron chi connectivity index (χ3n) is 3.51. The van der Waals surface area contributed by atoms with Gasteiger partial charge in [-0.1, -0.05) is 0 Å². The van der Waals surface area contributed by atoms with E-state index in [0.717, 1.165) is 36.9 Å². The minimum atomic E-state index is 0.521. The number of anilines is 2. The molecule has 1 aromatic heterocycles. The van der Waals surface area contributed by atoms with E-state index < -0.39 is 0 Å². The Morgan fingerprint density at radius 1 is 1.32 bits per heavy atom. The zero-order chi connectivity index (χ0) is 13.8. The Labute approximate surface area is 115 Å². The van der Waals surface area contributed by atoms with Gasteiger partial charge >= 0.3 is 0 Å². The van der Waals surface area contributed by atoms with Crippen molar-refractivity contribution in [3.05, 3.63) is 11.4 Å². The molecule has 0 bridgehead atoms. The van der Waals surface area contributed by atoms with Crippen molar-refractivity contribution in [1.29, 1.82) is 0 Å². The molecule has 1 aromatic rings. The molecule has 19 heavy (non-hydrogen) atoms. The van der Waals surface area contributed by atoms with E-state index in [9.17, 15) is 0 Å². The van der Waals surface area contributed by atoms with E-state index in [0.29, 0.717) is 18.3 Å². The zero-order valence-corrected chi connectivity index (χ0v) is 12.1. The molecule has 0 atom stereocenters. The Balaban J connectivity index is 2.19. The third kappa shape index (κ3) is 3.35. The second kappa shape index (κ2) is 6.19. The van der Waals surface area contributed by atoms with Gasteiger partial charge in [0, 0.05) is 31.2 Å². The van der Waals surface area contributed by atoms with Gasteiger partial charge in [0.05, 0.1) is 6.61 Å². The summed E-state index contributed by atoms with van der Waals surface area (Å²) in [6.45, 7) is 9.32. The summed E-state index contributed by atoms with van der Waals surface area (Å²) in [6, 6.07) is 0. The van der Waals surface area contributed by atoms with Crippen LogP contribution in [0.1, 0.15) is 44.0 Å². The van der Waals surface area contributed by atoms with E-state index in [1.807, 2.05) is 13.8 Å². The third-order valence-corrected chi connectivity index (χ3v) is 3.51. The number of ether oxygens (including phenoxy) is 1. The zero-order valence-electron chi connectivity index (χ0n) is 12.1. The predicted octanol–water partition coefficient (Wildman–Crippen LogP) is 2.11. The van der Waals surface area contributed by atoms with Gasteiger partial charge in [-0.15, -0.1) is 0 Å². The van der Waals surface area contributed by atoms with E-state index in [-0.39, 0.29) is 0 Å². The first kappa shape index (κ1) is 14.1. The number of nitrogens with two attached hydrogens (primary N) is 1. The molecule has 0 amide bonds. The fourth-order valence-electron chi connectivity index (χ4n) is 2.10. The molecule has 1 fully saturated rings. The molecule has 0 unspecified atom stereocenters. The summed E-state index contributed by atoms with van der Waals surface area (Å²) in [4.78, 5) is 11.4. The van der Waals surface area contributed by atoms with Crippen molar-refractivity contribution < 1.29 is 4.74 Å². The largest absolute Gasteiger partial charge is 0.383 e. The van der Waals surface area contributed by atoms with Crippen molar-refractivity contribution in [2.45, 2.75) is 39.5 Å². The molecule has 5 nitrogen and oxygen atoms in total. The lowest BCUT2D eigenvalue weighted by Crippen LogP contribution is -2.29. The SMILES string of the molecule is CCOCCN(CC)c1nc(C2CC2)nc(N)c1C. The van der Waals surface area contributed by atoms with Gasteiger partial charge < -0.3 is 15.4 Å². The second-order valence-electron chi connectivity index (χ2n) is 4.97. The quantitative estimate of drug-likeness (QED) is 0.764. The van der Waals surface area contributed by atoms with Gasteiger partial charge in [-0.25, -0.2) is 9.97 Å². The van der Waals surface area contributed by atoms with E-state index in [4.69, 9.17) is 15.5 Å². The number of nitrogen functional groups attached to an aromatic ring is 1. The molecule has 2 N–H and O–H groups in total. The topological polar surface area (TPSA) is 64.3 Å². The van der Waals surface area contributed by atoms with Crippen LogP contribution in [0.3, 0.4) is 0 Å². The molecule has 106 valence electrons. The Morgan fingerprint density at radius 3 is 2.63 bits per heavy atom. The maximum atomic E-state index is 6.03. The normalized spacial score (nSPS) is 14.7. The number of nitrogens with zero attached hydrogens (tertiary/aromatic N) is 3. The van der Waals surface area contributed by atoms with Crippen molar-refractivity contribution in [2.75, 3.05) is 36.9 Å². The lowest BCUT2D eigenvalue weighted by molar-refractivity contribution is 0.154. The van der Waals surface area contributed by atoms with Crippen LogP contribution in [0.4, 0.5) is 11.6 Å². The molecular formula is C14H24N4O. The summed E-state index contributed by atoms with van der Waals surface area (Å²) in [5.74, 6) is 3.01. The van der Waals surface area contributed by atoms with Crippen LogP contribution in [0.25, 0.3) is 0 Å². The van der Waals surface area contributed by atoms with Crippen molar-refractivity contribution in [3.63, 3.8) is 0 Å².